The number of nitrogens with two attached hydrogens (primary N) is 1. The fourth-order valence-electron chi connectivity index (χ4n) is 2.34. The third-order valence-electron chi connectivity index (χ3n) is 3.96. The number of halogens is 1. The fraction of sp³-hybridized carbons (Fsp3) is 0.500. The van der Waals surface area contributed by atoms with Gasteiger partial charge in [-0.15, -0.1) is 0 Å². The van der Waals surface area contributed by atoms with E-state index in [4.69, 9.17) is 5.73 Å². The molecular weight excluding hydrogens is 285 g/mol. The number of amides is 2. The second-order valence-electron chi connectivity index (χ2n) is 6.10. The van der Waals surface area contributed by atoms with Crippen LogP contribution in [0.5, 0.6) is 0 Å². The Morgan fingerprint density at radius 2 is 1.95 bits per heavy atom. The lowest BCUT2D eigenvalue weighted by molar-refractivity contribution is -0.127. The Kier molecular flexibility index (Phi) is 4.81. The molecule has 0 radical (unpaired) electrons. The van der Waals surface area contributed by atoms with Gasteiger partial charge in [-0.2, -0.15) is 0 Å². The monoisotopic (exact) mass is 307 g/mol. The van der Waals surface area contributed by atoms with Gasteiger partial charge in [0.25, 0.3) is 0 Å². The quantitative estimate of drug-likeness (QED) is 0.734. The van der Waals surface area contributed by atoms with E-state index in [0.29, 0.717) is 18.4 Å². The summed E-state index contributed by atoms with van der Waals surface area (Å²) in [6.07, 6.45) is 1.39. The Labute approximate surface area is 129 Å². The summed E-state index contributed by atoms with van der Waals surface area (Å²) in [6.45, 7) is 3.51. The minimum Gasteiger partial charge on any atom is -0.346 e. The molecule has 2 amide bonds. The van der Waals surface area contributed by atoms with Crippen LogP contribution in [0.15, 0.2) is 24.3 Å². The van der Waals surface area contributed by atoms with E-state index in [2.05, 4.69) is 10.6 Å². The van der Waals surface area contributed by atoms with Gasteiger partial charge >= 0.3 is 0 Å². The van der Waals surface area contributed by atoms with Crippen molar-refractivity contribution < 1.29 is 14.0 Å². The van der Waals surface area contributed by atoms with Crippen molar-refractivity contribution >= 4 is 11.8 Å². The zero-order valence-electron chi connectivity index (χ0n) is 12.9. The molecule has 1 aliphatic rings. The van der Waals surface area contributed by atoms with Crippen molar-refractivity contribution in [2.24, 2.45) is 11.7 Å². The summed E-state index contributed by atoms with van der Waals surface area (Å²) in [5.41, 5.74) is 5.57. The number of carbonyl (C=O) groups excluding carboxylic acids is 2. The second-order valence-corrected chi connectivity index (χ2v) is 6.10. The average Bonchev–Trinajstić information content (AvgIpc) is 3.24. The van der Waals surface area contributed by atoms with E-state index < -0.39 is 11.6 Å². The van der Waals surface area contributed by atoms with Crippen molar-refractivity contribution in [2.75, 3.05) is 6.54 Å². The Morgan fingerprint density at radius 1 is 1.32 bits per heavy atom. The molecule has 0 spiro atoms. The van der Waals surface area contributed by atoms with Gasteiger partial charge in [0.15, 0.2) is 0 Å². The van der Waals surface area contributed by atoms with Gasteiger partial charge in [0.1, 0.15) is 5.82 Å². The Morgan fingerprint density at radius 3 is 2.50 bits per heavy atom. The molecule has 0 saturated heterocycles. The van der Waals surface area contributed by atoms with Crippen LogP contribution in [-0.4, -0.2) is 24.4 Å². The van der Waals surface area contributed by atoms with Gasteiger partial charge in [-0.3, -0.25) is 9.59 Å². The molecule has 0 heterocycles. The number of hydrogen-bond donors (Lipinski definition) is 3. The van der Waals surface area contributed by atoms with Gasteiger partial charge in [-0.25, -0.2) is 4.39 Å². The normalized spacial score (nSPS) is 17.0. The molecule has 1 aromatic carbocycles. The molecular formula is C16H22FN3O2. The summed E-state index contributed by atoms with van der Waals surface area (Å²) in [6, 6.07) is 5.77. The van der Waals surface area contributed by atoms with E-state index in [1.54, 1.807) is 18.2 Å². The molecule has 120 valence electrons. The van der Waals surface area contributed by atoms with Crippen LogP contribution in [0, 0.1) is 11.7 Å². The Hall–Kier alpha value is -1.95. The lowest BCUT2D eigenvalue weighted by Gasteiger charge is -2.20. The fourth-order valence-corrected chi connectivity index (χ4v) is 2.34. The van der Waals surface area contributed by atoms with Crippen molar-refractivity contribution in [1.29, 1.82) is 0 Å². The van der Waals surface area contributed by atoms with Crippen molar-refractivity contribution in [3.8, 4) is 0 Å². The zero-order chi connectivity index (χ0) is 16.3. The molecule has 6 heteroatoms. The number of benzene rings is 1. The highest BCUT2D eigenvalue weighted by Gasteiger charge is 2.47. The summed E-state index contributed by atoms with van der Waals surface area (Å²) in [4.78, 5) is 23.7. The van der Waals surface area contributed by atoms with Gasteiger partial charge in [-0.05, 0) is 24.8 Å². The highest BCUT2D eigenvalue weighted by molar-refractivity contribution is 5.87. The topological polar surface area (TPSA) is 84.2 Å². The lowest BCUT2D eigenvalue weighted by atomic mass is 10.0. The first-order valence-electron chi connectivity index (χ1n) is 7.45. The van der Waals surface area contributed by atoms with Crippen LogP contribution in [0.3, 0.4) is 0 Å². The molecule has 0 bridgehead atoms. The first-order chi connectivity index (χ1) is 10.4. The number of nitrogens with one attached hydrogen (secondary N) is 2. The van der Waals surface area contributed by atoms with Crippen LogP contribution in [0.25, 0.3) is 0 Å². The van der Waals surface area contributed by atoms with Crippen LogP contribution in [0.4, 0.5) is 4.39 Å². The minimum atomic E-state index is -0.644. The van der Waals surface area contributed by atoms with Crippen LogP contribution >= 0.6 is 0 Å². The van der Waals surface area contributed by atoms with Gasteiger partial charge in [0.2, 0.25) is 11.8 Å². The number of hydrogen-bond acceptors (Lipinski definition) is 3. The summed E-state index contributed by atoms with van der Waals surface area (Å²) in [5.74, 6) is -1.03. The Bertz CT molecular complexity index is 570. The maximum absolute atomic E-state index is 13.8. The van der Waals surface area contributed by atoms with E-state index in [1.165, 1.54) is 6.07 Å². The first-order valence-corrected chi connectivity index (χ1v) is 7.45. The highest BCUT2D eigenvalue weighted by atomic mass is 19.1. The first kappa shape index (κ1) is 16.4. The van der Waals surface area contributed by atoms with Gasteiger partial charge < -0.3 is 16.4 Å². The van der Waals surface area contributed by atoms with Crippen molar-refractivity contribution in [3.05, 3.63) is 35.6 Å². The van der Waals surface area contributed by atoms with Crippen LogP contribution in [0.1, 0.15) is 32.3 Å². The van der Waals surface area contributed by atoms with Crippen LogP contribution < -0.4 is 16.4 Å². The van der Waals surface area contributed by atoms with Crippen LogP contribution in [0.2, 0.25) is 0 Å². The molecule has 4 N–H and O–H groups in total. The summed E-state index contributed by atoms with van der Waals surface area (Å²) >= 11 is 0. The molecule has 22 heavy (non-hydrogen) atoms. The number of rotatable bonds is 6. The molecule has 2 rings (SSSR count). The second kappa shape index (κ2) is 6.44. The smallest absolute Gasteiger partial charge is 0.240 e. The van der Waals surface area contributed by atoms with Gasteiger partial charge in [0, 0.05) is 5.56 Å². The minimum absolute atomic E-state index is 0.00347. The molecule has 1 aliphatic carbocycles. The highest BCUT2D eigenvalue weighted by Crippen LogP contribution is 2.46. The van der Waals surface area contributed by atoms with E-state index in [9.17, 15) is 14.0 Å². The molecule has 1 saturated carbocycles. The molecule has 0 aromatic heterocycles. The van der Waals surface area contributed by atoms with E-state index in [0.717, 1.165) is 0 Å². The third-order valence-corrected chi connectivity index (χ3v) is 3.96. The van der Waals surface area contributed by atoms with Gasteiger partial charge in [-0.1, -0.05) is 32.0 Å². The summed E-state index contributed by atoms with van der Waals surface area (Å²) in [5, 5.41) is 5.32. The summed E-state index contributed by atoms with van der Waals surface area (Å²) < 4.78 is 13.8. The maximum atomic E-state index is 13.8. The molecule has 1 aromatic rings. The lowest BCUT2D eigenvalue weighted by Crippen LogP contribution is -2.48. The molecule has 0 unspecified atom stereocenters. The van der Waals surface area contributed by atoms with E-state index in [-0.39, 0.29) is 30.1 Å². The molecule has 1 atom stereocenters. The molecule has 1 fully saturated rings. The number of carbonyl (C=O) groups is 2. The molecule has 0 aliphatic heterocycles. The average molecular weight is 307 g/mol. The van der Waals surface area contributed by atoms with Crippen molar-refractivity contribution in [2.45, 2.75) is 38.3 Å². The predicted molar refractivity (Wildman–Crippen MR) is 81.3 cm³/mol. The summed E-state index contributed by atoms with van der Waals surface area (Å²) in [7, 11) is 0. The SMILES string of the molecule is CC(C)[C@H](N)C(=O)NCC(=O)NC1(c2ccccc2F)CC1. The largest absolute Gasteiger partial charge is 0.346 e. The predicted octanol–water partition coefficient (Wildman–Crippen LogP) is 1.03. The molecule has 5 nitrogen and oxygen atoms in total. The van der Waals surface area contributed by atoms with Gasteiger partial charge in [0.05, 0.1) is 18.1 Å². The van der Waals surface area contributed by atoms with E-state index >= 15 is 0 Å². The zero-order valence-corrected chi connectivity index (χ0v) is 12.9. The van der Waals surface area contributed by atoms with Crippen LogP contribution in [-0.2, 0) is 15.1 Å². The standard InChI is InChI=1S/C16H22FN3O2/c1-10(2)14(18)15(22)19-9-13(21)20-16(7-8-16)11-5-3-4-6-12(11)17/h3-6,10,14H,7-9,18H2,1-2H3,(H,19,22)(H,20,21)/t14-/m0/s1. The maximum Gasteiger partial charge on any atom is 0.240 e. The van der Waals surface area contributed by atoms with Crippen molar-refractivity contribution in [1.82, 2.24) is 10.6 Å². The van der Waals surface area contributed by atoms with Crippen molar-refractivity contribution in [3.63, 3.8) is 0 Å². The van der Waals surface area contributed by atoms with E-state index in [1.807, 2.05) is 13.8 Å². The Balaban J connectivity index is 1.90. The third kappa shape index (κ3) is 3.62.